The van der Waals surface area contributed by atoms with Crippen LogP contribution in [0.3, 0.4) is 0 Å². The van der Waals surface area contributed by atoms with Crippen molar-refractivity contribution in [2.45, 2.75) is 13.5 Å². The minimum atomic E-state index is -0.292. The van der Waals surface area contributed by atoms with E-state index in [9.17, 15) is 4.79 Å². The normalized spacial score (nSPS) is 10.3. The molecule has 126 valence electrons. The molecular formula is C19H17BrN4O. The van der Waals surface area contributed by atoms with Crippen molar-refractivity contribution >= 4 is 33.3 Å². The third-order valence-corrected chi connectivity index (χ3v) is 4.08. The Morgan fingerprint density at radius 3 is 2.52 bits per heavy atom. The molecule has 0 aliphatic rings. The van der Waals surface area contributed by atoms with Gasteiger partial charge in [0.05, 0.1) is 0 Å². The predicted octanol–water partition coefficient (Wildman–Crippen LogP) is 4.41. The number of amides is 1. The van der Waals surface area contributed by atoms with Crippen LogP contribution in [0.2, 0.25) is 0 Å². The molecule has 0 aliphatic heterocycles. The van der Waals surface area contributed by atoms with Crippen LogP contribution in [-0.4, -0.2) is 16.1 Å². The van der Waals surface area contributed by atoms with Gasteiger partial charge in [-0.05, 0) is 48.9 Å². The van der Waals surface area contributed by atoms with Gasteiger partial charge in [-0.15, -0.1) is 10.2 Å². The van der Waals surface area contributed by atoms with E-state index in [1.807, 2.05) is 36.4 Å². The van der Waals surface area contributed by atoms with Crippen LogP contribution in [0.25, 0.3) is 0 Å². The average molecular weight is 397 g/mol. The second-order valence-corrected chi connectivity index (χ2v) is 6.52. The summed E-state index contributed by atoms with van der Waals surface area (Å²) in [7, 11) is 0. The summed E-state index contributed by atoms with van der Waals surface area (Å²) >= 11 is 3.36. The van der Waals surface area contributed by atoms with Gasteiger partial charge in [-0.2, -0.15) is 0 Å². The van der Waals surface area contributed by atoms with Crippen LogP contribution >= 0.6 is 15.9 Å². The van der Waals surface area contributed by atoms with E-state index in [0.717, 1.165) is 4.47 Å². The van der Waals surface area contributed by atoms with Crippen molar-refractivity contribution in [1.82, 2.24) is 10.2 Å². The van der Waals surface area contributed by atoms with E-state index in [1.165, 1.54) is 11.1 Å². The van der Waals surface area contributed by atoms with Crippen LogP contribution in [0.1, 0.15) is 21.6 Å². The summed E-state index contributed by atoms with van der Waals surface area (Å²) in [5, 5.41) is 14.0. The highest BCUT2D eigenvalue weighted by molar-refractivity contribution is 9.10. The number of benzene rings is 2. The second kappa shape index (κ2) is 7.90. The first-order valence-electron chi connectivity index (χ1n) is 7.80. The number of aryl methyl sites for hydroxylation is 1. The lowest BCUT2D eigenvalue weighted by atomic mass is 10.1. The molecule has 0 aliphatic carbocycles. The van der Waals surface area contributed by atoms with Crippen molar-refractivity contribution in [3.05, 3.63) is 82.0 Å². The summed E-state index contributed by atoms with van der Waals surface area (Å²) in [6.45, 7) is 2.71. The van der Waals surface area contributed by atoms with Crippen molar-refractivity contribution in [2.75, 3.05) is 10.6 Å². The van der Waals surface area contributed by atoms with Crippen LogP contribution in [0.5, 0.6) is 0 Å². The summed E-state index contributed by atoms with van der Waals surface area (Å²) in [6.07, 6.45) is 0. The van der Waals surface area contributed by atoms with Gasteiger partial charge in [0.2, 0.25) is 0 Å². The number of nitrogens with zero attached hydrogens (tertiary/aromatic N) is 2. The lowest BCUT2D eigenvalue weighted by molar-refractivity contribution is 0.102. The second-order valence-electron chi connectivity index (χ2n) is 5.61. The van der Waals surface area contributed by atoms with Gasteiger partial charge in [0, 0.05) is 16.7 Å². The Bertz CT molecular complexity index is 863. The number of carbonyl (C=O) groups is 1. The third kappa shape index (κ3) is 4.87. The van der Waals surface area contributed by atoms with Gasteiger partial charge in [-0.1, -0.05) is 45.8 Å². The highest BCUT2D eigenvalue weighted by atomic mass is 79.9. The molecule has 2 N–H and O–H groups in total. The average Bonchev–Trinajstić information content (AvgIpc) is 2.62. The molecule has 1 amide bonds. The smallest absolute Gasteiger partial charge is 0.276 e. The number of aromatic nitrogens is 2. The molecule has 2 aromatic carbocycles. The standard InChI is InChI=1S/C19H17BrN4O/c1-13-3-2-4-14(11-13)12-21-18-10-9-17(23-24-18)19(25)22-16-7-5-15(20)6-8-16/h2-11H,12H2,1H3,(H,21,24)(H,22,25). The monoisotopic (exact) mass is 396 g/mol. The lowest BCUT2D eigenvalue weighted by Crippen LogP contribution is -2.14. The zero-order chi connectivity index (χ0) is 17.6. The molecule has 0 radical (unpaired) electrons. The van der Waals surface area contributed by atoms with Gasteiger partial charge in [0.25, 0.3) is 5.91 Å². The molecule has 1 aromatic heterocycles. The van der Waals surface area contributed by atoms with E-state index in [-0.39, 0.29) is 11.6 Å². The minimum absolute atomic E-state index is 0.268. The molecule has 0 fully saturated rings. The molecule has 1 heterocycles. The number of rotatable bonds is 5. The summed E-state index contributed by atoms with van der Waals surface area (Å²) in [4.78, 5) is 12.2. The molecule has 25 heavy (non-hydrogen) atoms. The fourth-order valence-corrected chi connectivity index (χ4v) is 2.56. The molecule has 3 aromatic rings. The minimum Gasteiger partial charge on any atom is -0.365 e. The Kier molecular flexibility index (Phi) is 5.40. The van der Waals surface area contributed by atoms with Crippen LogP contribution in [0.4, 0.5) is 11.5 Å². The van der Waals surface area contributed by atoms with Gasteiger partial charge in [-0.25, -0.2) is 0 Å². The van der Waals surface area contributed by atoms with E-state index < -0.39 is 0 Å². The van der Waals surface area contributed by atoms with Crippen LogP contribution in [0, 0.1) is 6.92 Å². The first-order valence-corrected chi connectivity index (χ1v) is 8.59. The fourth-order valence-electron chi connectivity index (χ4n) is 2.29. The zero-order valence-electron chi connectivity index (χ0n) is 13.7. The summed E-state index contributed by atoms with van der Waals surface area (Å²) in [6, 6.07) is 19.0. The fraction of sp³-hybridized carbons (Fsp3) is 0.105. The molecule has 5 nitrogen and oxygen atoms in total. The molecule has 0 unspecified atom stereocenters. The third-order valence-electron chi connectivity index (χ3n) is 3.56. The Morgan fingerprint density at radius 1 is 1.04 bits per heavy atom. The number of halogens is 1. The maximum atomic E-state index is 12.2. The molecule has 6 heteroatoms. The largest absolute Gasteiger partial charge is 0.365 e. The number of carbonyl (C=O) groups excluding carboxylic acids is 1. The van der Waals surface area contributed by atoms with Gasteiger partial charge >= 0.3 is 0 Å². The molecule has 0 atom stereocenters. The van der Waals surface area contributed by atoms with E-state index in [0.29, 0.717) is 18.1 Å². The Balaban J connectivity index is 1.59. The Labute approximate surface area is 154 Å². The summed E-state index contributed by atoms with van der Waals surface area (Å²) in [5.41, 5.74) is 3.35. The Morgan fingerprint density at radius 2 is 1.84 bits per heavy atom. The number of anilines is 2. The number of nitrogens with one attached hydrogen (secondary N) is 2. The van der Waals surface area contributed by atoms with Crippen molar-refractivity contribution in [1.29, 1.82) is 0 Å². The Hall–Kier alpha value is -2.73. The van der Waals surface area contributed by atoms with Crippen LogP contribution in [0.15, 0.2) is 65.1 Å². The van der Waals surface area contributed by atoms with E-state index in [4.69, 9.17) is 0 Å². The molecular weight excluding hydrogens is 380 g/mol. The SMILES string of the molecule is Cc1cccc(CNc2ccc(C(=O)Nc3ccc(Br)cc3)nn2)c1. The molecule has 0 bridgehead atoms. The number of hydrogen-bond donors (Lipinski definition) is 2. The zero-order valence-corrected chi connectivity index (χ0v) is 15.2. The molecule has 3 rings (SSSR count). The first kappa shape index (κ1) is 17.1. The quantitative estimate of drug-likeness (QED) is 0.669. The van der Waals surface area contributed by atoms with E-state index in [1.54, 1.807) is 12.1 Å². The van der Waals surface area contributed by atoms with Gasteiger partial charge in [0.1, 0.15) is 5.82 Å². The summed E-state index contributed by atoms with van der Waals surface area (Å²) < 4.78 is 0.953. The topological polar surface area (TPSA) is 66.9 Å². The van der Waals surface area contributed by atoms with Crippen LogP contribution < -0.4 is 10.6 Å². The van der Waals surface area contributed by atoms with Crippen LogP contribution in [-0.2, 0) is 6.54 Å². The maximum absolute atomic E-state index is 12.2. The molecule has 0 spiro atoms. The van der Waals surface area contributed by atoms with Crippen molar-refractivity contribution in [3.63, 3.8) is 0 Å². The van der Waals surface area contributed by atoms with Crippen molar-refractivity contribution in [2.24, 2.45) is 0 Å². The maximum Gasteiger partial charge on any atom is 0.276 e. The van der Waals surface area contributed by atoms with Gasteiger partial charge in [0.15, 0.2) is 5.69 Å². The van der Waals surface area contributed by atoms with E-state index in [2.05, 4.69) is 55.8 Å². The molecule has 0 saturated heterocycles. The van der Waals surface area contributed by atoms with Crippen molar-refractivity contribution < 1.29 is 4.79 Å². The highest BCUT2D eigenvalue weighted by Gasteiger charge is 2.08. The van der Waals surface area contributed by atoms with Crippen molar-refractivity contribution in [3.8, 4) is 0 Å². The lowest BCUT2D eigenvalue weighted by Gasteiger charge is -2.07. The van der Waals surface area contributed by atoms with Gasteiger partial charge < -0.3 is 10.6 Å². The summed E-state index contributed by atoms with van der Waals surface area (Å²) in [5.74, 6) is 0.335. The predicted molar refractivity (Wildman–Crippen MR) is 103 cm³/mol. The van der Waals surface area contributed by atoms with E-state index >= 15 is 0 Å². The number of hydrogen-bond acceptors (Lipinski definition) is 4. The first-order chi connectivity index (χ1) is 12.1. The van der Waals surface area contributed by atoms with Gasteiger partial charge in [-0.3, -0.25) is 4.79 Å². The highest BCUT2D eigenvalue weighted by Crippen LogP contribution is 2.15. The molecule has 0 saturated carbocycles.